The molecule has 0 radical (unpaired) electrons. The highest BCUT2D eigenvalue weighted by atomic mass is 32.2. The van der Waals surface area contributed by atoms with Crippen LogP contribution in [0.1, 0.15) is 43.7 Å². The molecule has 2 fully saturated rings. The van der Waals surface area contributed by atoms with Gasteiger partial charge in [0.05, 0.1) is 22.3 Å². The molecule has 1 amide bonds. The first-order valence-corrected chi connectivity index (χ1v) is 15.6. The van der Waals surface area contributed by atoms with E-state index in [1.54, 1.807) is 42.5 Å². The maximum atomic E-state index is 13.3. The molecular weight excluding hydrogens is 514 g/mol. The summed E-state index contributed by atoms with van der Waals surface area (Å²) >= 11 is 0. The van der Waals surface area contributed by atoms with Crippen molar-refractivity contribution in [2.45, 2.75) is 55.9 Å². The minimum absolute atomic E-state index is 0.118. The number of aryl methyl sites for hydroxylation is 1. The highest BCUT2D eigenvalue weighted by Crippen LogP contribution is 2.28. The second-order valence-corrected chi connectivity index (χ2v) is 13.4. The number of ether oxygens (including phenoxy) is 1. The summed E-state index contributed by atoms with van der Waals surface area (Å²) < 4.78 is 60.3. The first-order valence-electron chi connectivity index (χ1n) is 12.7. The molecule has 1 N–H and O–H groups in total. The molecule has 0 aliphatic carbocycles. The molecule has 37 heavy (non-hydrogen) atoms. The van der Waals surface area contributed by atoms with Crippen molar-refractivity contribution in [3.63, 3.8) is 0 Å². The highest BCUT2D eigenvalue weighted by Gasteiger charge is 2.33. The Morgan fingerprint density at radius 2 is 1.54 bits per heavy atom. The van der Waals surface area contributed by atoms with Crippen molar-refractivity contribution < 1.29 is 26.4 Å². The Bertz CT molecular complexity index is 1320. The number of sulfonamides is 2. The Morgan fingerprint density at radius 1 is 0.919 bits per heavy atom. The van der Waals surface area contributed by atoms with Gasteiger partial charge >= 0.3 is 0 Å². The second-order valence-electron chi connectivity index (χ2n) is 9.54. The minimum Gasteiger partial charge on any atom is -0.494 e. The second kappa shape index (κ2) is 11.5. The van der Waals surface area contributed by atoms with Gasteiger partial charge in [0, 0.05) is 32.7 Å². The van der Waals surface area contributed by atoms with Gasteiger partial charge in [-0.15, -0.1) is 0 Å². The van der Waals surface area contributed by atoms with E-state index in [2.05, 4.69) is 5.32 Å². The summed E-state index contributed by atoms with van der Waals surface area (Å²) in [5.74, 6) is -0.0160. The number of amides is 1. The molecule has 1 atom stereocenters. The third kappa shape index (κ3) is 6.17. The van der Waals surface area contributed by atoms with E-state index in [1.807, 2.05) is 13.8 Å². The van der Waals surface area contributed by atoms with Crippen LogP contribution in [0.3, 0.4) is 0 Å². The number of carbonyl (C=O) groups excluding carboxylic acids is 1. The van der Waals surface area contributed by atoms with Crippen LogP contribution < -0.4 is 10.1 Å². The van der Waals surface area contributed by atoms with E-state index >= 15 is 0 Å². The zero-order chi connectivity index (χ0) is 26.6. The van der Waals surface area contributed by atoms with Gasteiger partial charge in [0.15, 0.2) is 0 Å². The predicted octanol–water partition coefficient (Wildman–Crippen LogP) is 2.90. The van der Waals surface area contributed by atoms with Crippen LogP contribution in [-0.2, 0) is 31.4 Å². The summed E-state index contributed by atoms with van der Waals surface area (Å²) in [6, 6.07) is 11.4. The summed E-state index contributed by atoms with van der Waals surface area (Å²) in [4.78, 5) is 13.3. The number of benzene rings is 2. The molecule has 2 aliphatic rings. The predicted molar refractivity (Wildman–Crippen MR) is 140 cm³/mol. The molecule has 2 aliphatic heterocycles. The van der Waals surface area contributed by atoms with E-state index in [0.29, 0.717) is 44.8 Å². The molecule has 2 saturated heterocycles. The van der Waals surface area contributed by atoms with Crippen molar-refractivity contribution in [3.05, 3.63) is 53.6 Å². The Balaban J connectivity index is 1.36. The van der Waals surface area contributed by atoms with Gasteiger partial charge in [0.2, 0.25) is 26.0 Å². The van der Waals surface area contributed by atoms with Gasteiger partial charge in [-0.25, -0.2) is 16.8 Å². The molecule has 0 bridgehead atoms. The quantitative estimate of drug-likeness (QED) is 0.515. The Kier molecular flexibility index (Phi) is 8.57. The van der Waals surface area contributed by atoms with E-state index in [-0.39, 0.29) is 28.8 Å². The van der Waals surface area contributed by atoms with Gasteiger partial charge in [0.1, 0.15) is 5.75 Å². The van der Waals surface area contributed by atoms with Gasteiger partial charge < -0.3 is 10.1 Å². The molecule has 0 spiro atoms. The number of hydrogen-bond acceptors (Lipinski definition) is 6. The lowest BCUT2D eigenvalue weighted by molar-refractivity contribution is -0.126. The monoisotopic (exact) mass is 549 g/mol. The fourth-order valence-corrected chi connectivity index (χ4v) is 7.94. The highest BCUT2D eigenvalue weighted by molar-refractivity contribution is 7.89. The number of nitrogens with one attached hydrogen (secondary N) is 1. The lowest BCUT2D eigenvalue weighted by Gasteiger charge is -2.31. The van der Waals surface area contributed by atoms with Crippen molar-refractivity contribution in [1.29, 1.82) is 0 Å². The van der Waals surface area contributed by atoms with Crippen LogP contribution in [0.15, 0.2) is 52.3 Å². The van der Waals surface area contributed by atoms with Crippen LogP contribution in [0.25, 0.3) is 0 Å². The standard InChI is InChI=1S/C26H35N3O6S2/c1-3-35-25-13-12-24(17-20(25)2)37(33,34)29-16-6-7-22(19-29)26(30)27-18-21-8-10-23(11-9-21)36(31,32)28-14-4-5-15-28/h8-13,17,22H,3-7,14-16,18-19H2,1-2H3,(H,27,30)/t22-/m1/s1. The molecule has 0 saturated carbocycles. The van der Waals surface area contributed by atoms with E-state index < -0.39 is 26.0 Å². The van der Waals surface area contributed by atoms with Crippen molar-refractivity contribution in [3.8, 4) is 5.75 Å². The van der Waals surface area contributed by atoms with E-state index in [9.17, 15) is 21.6 Å². The summed E-state index contributed by atoms with van der Waals surface area (Å²) in [5, 5.41) is 2.89. The smallest absolute Gasteiger partial charge is 0.243 e. The number of rotatable bonds is 9. The molecule has 202 valence electrons. The molecular formula is C26H35N3O6S2. The van der Waals surface area contributed by atoms with Gasteiger partial charge in [-0.2, -0.15) is 8.61 Å². The van der Waals surface area contributed by atoms with Crippen LogP contribution in [0.2, 0.25) is 0 Å². The van der Waals surface area contributed by atoms with Gasteiger partial charge in [-0.3, -0.25) is 4.79 Å². The average molecular weight is 550 g/mol. The molecule has 9 nitrogen and oxygen atoms in total. The minimum atomic E-state index is -3.74. The number of hydrogen-bond donors (Lipinski definition) is 1. The number of nitrogens with zero attached hydrogens (tertiary/aromatic N) is 2. The maximum absolute atomic E-state index is 13.3. The lowest BCUT2D eigenvalue weighted by Crippen LogP contribution is -2.45. The Morgan fingerprint density at radius 3 is 2.19 bits per heavy atom. The van der Waals surface area contributed by atoms with Crippen LogP contribution in [0, 0.1) is 12.8 Å². The molecule has 2 aromatic rings. The first-order chi connectivity index (χ1) is 17.6. The largest absolute Gasteiger partial charge is 0.494 e. The molecule has 0 aromatic heterocycles. The van der Waals surface area contributed by atoms with Crippen LogP contribution in [0.5, 0.6) is 5.75 Å². The summed E-state index contributed by atoms with van der Waals surface area (Å²) in [6.07, 6.45) is 2.95. The third-order valence-electron chi connectivity index (χ3n) is 6.93. The van der Waals surface area contributed by atoms with Gasteiger partial charge in [0.25, 0.3) is 0 Å². The fraction of sp³-hybridized carbons (Fsp3) is 0.500. The Hall–Kier alpha value is -2.47. The summed E-state index contributed by atoms with van der Waals surface area (Å²) in [6.45, 7) is 6.00. The van der Waals surface area contributed by atoms with Crippen molar-refractivity contribution in [2.75, 3.05) is 32.8 Å². The van der Waals surface area contributed by atoms with Crippen LogP contribution in [0.4, 0.5) is 0 Å². The van der Waals surface area contributed by atoms with E-state index in [0.717, 1.165) is 24.0 Å². The maximum Gasteiger partial charge on any atom is 0.243 e. The topological polar surface area (TPSA) is 113 Å². The van der Waals surface area contributed by atoms with Crippen LogP contribution >= 0.6 is 0 Å². The number of carbonyl (C=O) groups is 1. The molecule has 11 heteroatoms. The Labute approximate surface area is 219 Å². The van der Waals surface area contributed by atoms with Crippen LogP contribution in [-0.4, -0.2) is 64.1 Å². The third-order valence-corrected chi connectivity index (χ3v) is 10.7. The zero-order valence-electron chi connectivity index (χ0n) is 21.4. The SMILES string of the molecule is CCOc1ccc(S(=O)(=O)N2CCC[C@@H](C(=O)NCc3ccc(S(=O)(=O)N4CCCC4)cc3)C2)cc1C. The van der Waals surface area contributed by atoms with E-state index in [1.165, 1.54) is 8.61 Å². The van der Waals surface area contributed by atoms with Crippen molar-refractivity contribution >= 4 is 26.0 Å². The summed E-state index contributed by atoms with van der Waals surface area (Å²) in [5.41, 5.74) is 1.52. The normalized spacial score (nSPS) is 19.6. The van der Waals surface area contributed by atoms with Crippen molar-refractivity contribution in [2.24, 2.45) is 5.92 Å². The average Bonchev–Trinajstić information content (AvgIpc) is 3.45. The van der Waals surface area contributed by atoms with Gasteiger partial charge in [-0.05, 0) is 81.0 Å². The molecule has 4 rings (SSSR count). The first kappa shape index (κ1) is 27.6. The summed E-state index contributed by atoms with van der Waals surface area (Å²) in [7, 11) is -7.22. The fourth-order valence-electron chi connectivity index (χ4n) is 4.81. The molecule has 0 unspecified atom stereocenters. The lowest BCUT2D eigenvalue weighted by atomic mass is 9.99. The number of piperidine rings is 1. The van der Waals surface area contributed by atoms with Crippen molar-refractivity contribution in [1.82, 2.24) is 13.9 Å². The van der Waals surface area contributed by atoms with Gasteiger partial charge in [-0.1, -0.05) is 12.1 Å². The van der Waals surface area contributed by atoms with E-state index in [4.69, 9.17) is 4.74 Å². The molecule has 2 aromatic carbocycles. The zero-order valence-corrected chi connectivity index (χ0v) is 23.0. The molecule has 2 heterocycles.